The molecule has 21 heavy (non-hydrogen) atoms. The molecule has 1 amide bonds. The Bertz CT molecular complexity index is 603. The Morgan fingerprint density at radius 2 is 2.00 bits per heavy atom. The van der Waals surface area contributed by atoms with E-state index in [1.807, 2.05) is 23.1 Å². The van der Waals surface area contributed by atoms with Gasteiger partial charge in [-0.15, -0.1) is 0 Å². The number of anilines is 2. The van der Waals surface area contributed by atoms with Crippen molar-refractivity contribution >= 4 is 17.5 Å². The molecule has 1 saturated heterocycles. The standard InChI is InChI=1S/C14H18N6O/c15-12-4-6-20(17-12)11-14(21)19-9-7-18(8-10-19)13-3-1-2-5-16-13/h1-6H,7-11H2,(H2,15,17). The summed E-state index contributed by atoms with van der Waals surface area (Å²) in [5, 5.41) is 4.03. The van der Waals surface area contributed by atoms with Gasteiger partial charge in [0.25, 0.3) is 0 Å². The second-order valence-corrected chi connectivity index (χ2v) is 4.99. The van der Waals surface area contributed by atoms with Crippen LogP contribution in [0.5, 0.6) is 0 Å². The van der Waals surface area contributed by atoms with E-state index in [-0.39, 0.29) is 12.5 Å². The molecule has 0 aromatic carbocycles. The molecule has 2 aromatic rings. The maximum atomic E-state index is 12.2. The van der Waals surface area contributed by atoms with Crippen LogP contribution in [0, 0.1) is 0 Å². The second kappa shape index (κ2) is 5.82. The van der Waals surface area contributed by atoms with Crippen LogP contribution in [0.2, 0.25) is 0 Å². The molecule has 2 aromatic heterocycles. The predicted octanol–water partition coefficient (Wildman–Crippen LogP) is 0.209. The second-order valence-electron chi connectivity index (χ2n) is 4.99. The predicted molar refractivity (Wildman–Crippen MR) is 79.7 cm³/mol. The smallest absolute Gasteiger partial charge is 0.244 e. The molecule has 0 bridgehead atoms. The molecular weight excluding hydrogens is 268 g/mol. The molecule has 0 spiro atoms. The minimum Gasteiger partial charge on any atom is -0.382 e. The maximum absolute atomic E-state index is 12.2. The zero-order valence-electron chi connectivity index (χ0n) is 11.7. The van der Waals surface area contributed by atoms with Crippen LogP contribution in [0.25, 0.3) is 0 Å². The fraction of sp³-hybridized carbons (Fsp3) is 0.357. The van der Waals surface area contributed by atoms with Crippen molar-refractivity contribution < 1.29 is 4.79 Å². The van der Waals surface area contributed by atoms with Crippen molar-refractivity contribution in [3.8, 4) is 0 Å². The molecular formula is C14H18N6O. The lowest BCUT2D eigenvalue weighted by Gasteiger charge is -2.35. The van der Waals surface area contributed by atoms with Crippen LogP contribution in [-0.2, 0) is 11.3 Å². The Labute approximate surface area is 123 Å². The number of nitrogens with zero attached hydrogens (tertiary/aromatic N) is 5. The van der Waals surface area contributed by atoms with Crippen LogP contribution in [0.3, 0.4) is 0 Å². The highest BCUT2D eigenvalue weighted by Gasteiger charge is 2.21. The number of aromatic nitrogens is 3. The van der Waals surface area contributed by atoms with E-state index in [0.29, 0.717) is 18.9 Å². The van der Waals surface area contributed by atoms with Crippen LogP contribution < -0.4 is 10.6 Å². The largest absolute Gasteiger partial charge is 0.382 e. The monoisotopic (exact) mass is 286 g/mol. The maximum Gasteiger partial charge on any atom is 0.244 e. The molecule has 3 rings (SSSR count). The summed E-state index contributed by atoms with van der Waals surface area (Å²) in [6, 6.07) is 7.55. The molecule has 110 valence electrons. The van der Waals surface area contributed by atoms with Crippen LogP contribution in [0.4, 0.5) is 11.6 Å². The summed E-state index contributed by atoms with van der Waals surface area (Å²) in [6.07, 6.45) is 3.51. The lowest BCUT2D eigenvalue weighted by Crippen LogP contribution is -2.49. The van der Waals surface area contributed by atoms with Crippen molar-refractivity contribution in [2.75, 3.05) is 36.8 Å². The summed E-state index contributed by atoms with van der Waals surface area (Å²) < 4.78 is 1.57. The highest BCUT2D eigenvalue weighted by atomic mass is 16.2. The zero-order chi connectivity index (χ0) is 14.7. The zero-order valence-corrected chi connectivity index (χ0v) is 11.7. The lowest BCUT2D eigenvalue weighted by atomic mass is 10.3. The highest BCUT2D eigenvalue weighted by molar-refractivity contribution is 5.76. The van der Waals surface area contributed by atoms with Crippen LogP contribution >= 0.6 is 0 Å². The van der Waals surface area contributed by atoms with E-state index in [1.54, 1.807) is 23.1 Å². The first kappa shape index (κ1) is 13.4. The van der Waals surface area contributed by atoms with Gasteiger partial charge in [-0.25, -0.2) is 4.98 Å². The van der Waals surface area contributed by atoms with Gasteiger partial charge < -0.3 is 15.5 Å². The van der Waals surface area contributed by atoms with E-state index in [4.69, 9.17) is 5.73 Å². The van der Waals surface area contributed by atoms with Gasteiger partial charge in [-0.05, 0) is 18.2 Å². The van der Waals surface area contributed by atoms with Gasteiger partial charge in [-0.3, -0.25) is 9.48 Å². The average molecular weight is 286 g/mol. The lowest BCUT2D eigenvalue weighted by molar-refractivity contribution is -0.132. The van der Waals surface area contributed by atoms with Crippen molar-refractivity contribution in [1.82, 2.24) is 19.7 Å². The summed E-state index contributed by atoms with van der Waals surface area (Å²) >= 11 is 0. The number of carbonyl (C=O) groups is 1. The van der Waals surface area contributed by atoms with Gasteiger partial charge in [0.05, 0.1) is 0 Å². The average Bonchev–Trinajstić information content (AvgIpc) is 2.93. The van der Waals surface area contributed by atoms with E-state index in [1.165, 1.54) is 0 Å². The van der Waals surface area contributed by atoms with Crippen LogP contribution in [-0.4, -0.2) is 51.8 Å². The number of carbonyl (C=O) groups excluding carboxylic acids is 1. The molecule has 3 heterocycles. The normalized spacial score (nSPS) is 15.2. The molecule has 0 atom stereocenters. The third kappa shape index (κ3) is 3.13. The van der Waals surface area contributed by atoms with E-state index in [0.717, 1.165) is 18.9 Å². The summed E-state index contributed by atoms with van der Waals surface area (Å²) in [5.41, 5.74) is 5.54. The van der Waals surface area contributed by atoms with Crippen molar-refractivity contribution in [3.63, 3.8) is 0 Å². The van der Waals surface area contributed by atoms with Gasteiger partial charge in [-0.2, -0.15) is 5.10 Å². The number of rotatable bonds is 3. The fourth-order valence-corrected chi connectivity index (χ4v) is 2.43. The Morgan fingerprint density at radius 3 is 2.62 bits per heavy atom. The number of amides is 1. The van der Waals surface area contributed by atoms with Crippen LogP contribution in [0.15, 0.2) is 36.7 Å². The molecule has 7 nitrogen and oxygen atoms in total. The van der Waals surface area contributed by atoms with Crippen molar-refractivity contribution in [3.05, 3.63) is 36.7 Å². The van der Waals surface area contributed by atoms with Crippen LogP contribution in [0.1, 0.15) is 0 Å². The molecule has 2 N–H and O–H groups in total. The number of pyridine rings is 1. The first-order chi connectivity index (χ1) is 10.2. The molecule has 0 aliphatic carbocycles. The molecule has 1 aliphatic heterocycles. The minimum atomic E-state index is 0.0683. The summed E-state index contributed by atoms with van der Waals surface area (Å²) in [5.74, 6) is 1.46. The molecule has 1 fully saturated rings. The summed E-state index contributed by atoms with van der Waals surface area (Å²) in [7, 11) is 0. The van der Waals surface area contributed by atoms with Crippen molar-refractivity contribution in [2.24, 2.45) is 0 Å². The summed E-state index contributed by atoms with van der Waals surface area (Å²) in [6.45, 7) is 3.23. The minimum absolute atomic E-state index is 0.0683. The van der Waals surface area contributed by atoms with Crippen molar-refractivity contribution in [2.45, 2.75) is 6.54 Å². The van der Waals surface area contributed by atoms with Gasteiger partial charge in [0.15, 0.2) is 0 Å². The van der Waals surface area contributed by atoms with E-state index in [2.05, 4.69) is 15.0 Å². The van der Waals surface area contributed by atoms with E-state index in [9.17, 15) is 4.79 Å². The third-order valence-electron chi connectivity index (χ3n) is 3.56. The van der Waals surface area contributed by atoms with Gasteiger partial charge in [0.2, 0.25) is 5.91 Å². The first-order valence-corrected chi connectivity index (χ1v) is 6.95. The van der Waals surface area contributed by atoms with Gasteiger partial charge in [-0.1, -0.05) is 6.07 Å². The van der Waals surface area contributed by atoms with Gasteiger partial charge >= 0.3 is 0 Å². The first-order valence-electron chi connectivity index (χ1n) is 6.95. The SMILES string of the molecule is Nc1ccn(CC(=O)N2CCN(c3ccccn3)CC2)n1. The third-order valence-corrected chi connectivity index (χ3v) is 3.56. The molecule has 0 radical (unpaired) electrons. The fourth-order valence-electron chi connectivity index (χ4n) is 2.43. The molecule has 7 heteroatoms. The molecule has 0 unspecified atom stereocenters. The number of nitrogen functional groups attached to an aromatic ring is 1. The number of hydrogen-bond acceptors (Lipinski definition) is 5. The van der Waals surface area contributed by atoms with Gasteiger partial charge in [0.1, 0.15) is 18.2 Å². The topological polar surface area (TPSA) is 80.3 Å². The Kier molecular flexibility index (Phi) is 3.72. The van der Waals surface area contributed by atoms with E-state index >= 15 is 0 Å². The summed E-state index contributed by atoms with van der Waals surface area (Å²) in [4.78, 5) is 20.6. The van der Waals surface area contributed by atoms with Crippen molar-refractivity contribution in [1.29, 1.82) is 0 Å². The Morgan fingerprint density at radius 1 is 1.19 bits per heavy atom. The number of piperazine rings is 1. The highest BCUT2D eigenvalue weighted by Crippen LogP contribution is 2.12. The quantitative estimate of drug-likeness (QED) is 0.872. The molecule has 0 saturated carbocycles. The Hall–Kier alpha value is -2.57. The number of nitrogens with two attached hydrogens (primary N) is 1. The van der Waals surface area contributed by atoms with Gasteiger partial charge in [0, 0.05) is 38.6 Å². The van der Waals surface area contributed by atoms with E-state index < -0.39 is 0 Å². The number of hydrogen-bond donors (Lipinski definition) is 1. The Balaban J connectivity index is 1.54. The molecule has 1 aliphatic rings.